The van der Waals surface area contributed by atoms with Gasteiger partial charge in [-0.1, -0.05) is 0 Å². The number of benzene rings is 1. The number of nitrogens with one attached hydrogen (secondary N) is 1. The molecule has 0 spiro atoms. The van der Waals surface area contributed by atoms with E-state index < -0.39 is 0 Å². The van der Waals surface area contributed by atoms with Crippen molar-refractivity contribution in [2.75, 3.05) is 33.3 Å². The molecule has 0 aromatic heterocycles. The average Bonchev–Trinajstić information content (AvgIpc) is 2.47. The zero-order valence-electron chi connectivity index (χ0n) is 11.3. The van der Waals surface area contributed by atoms with E-state index in [1.54, 1.807) is 12.1 Å². The van der Waals surface area contributed by atoms with Gasteiger partial charge in [-0.15, -0.1) is 0 Å². The first-order valence-electron chi connectivity index (χ1n) is 6.49. The van der Waals surface area contributed by atoms with E-state index in [2.05, 4.69) is 10.2 Å². The third-order valence-corrected chi connectivity index (χ3v) is 3.54. The van der Waals surface area contributed by atoms with Crippen molar-refractivity contribution in [2.45, 2.75) is 13.0 Å². The van der Waals surface area contributed by atoms with Crippen LogP contribution in [0.4, 0.5) is 0 Å². The normalized spacial score (nSPS) is 18.0. The van der Waals surface area contributed by atoms with Crippen molar-refractivity contribution < 1.29 is 14.6 Å². The average molecular weight is 264 g/mol. The zero-order valence-corrected chi connectivity index (χ0v) is 11.3. The fourth-order valence-corrected chi connectivity index (χ4v) is 2.31. The van der Waals surface area contributed by atoms with E-state index in [1.807, 2.05) is 6.92 Å². The highest BCUT2D eigenvalue weighted by atomic mass is 16.5. The number of hydrogen-bond acceptors (Lipinski definition) is 5. The molecule has 0 saturated carbocycles. The third kappa shape index (κ3) is 3.05. The second kappa shape index (κ2) is 6.04. The van der Waals surface area contributed by atoms with Crippen molar-refractivity contribution in [1.29, 1.82) is 0 Å². The monoisotopic (exact) mass is 264 g/mol. The molecule has 0 bridgehead atoms. The number of rotatable bonds is 4. The highest BCUT2D eigenvalue weighted by Gasteiger charge is 2.24. The van der Waals surface area contributed by atoms with Gasteiger partial charge in [-0.2, -0.15) is 0 Å². The molecule has 19 heavy (non-hydrogen) atoms. The van der Waals surface area contributed by atoms with Crippen molar-refractivity contribution in [3.8, 4) is 11.5 Å². The fraction of sp³-hybridized carbons (Fsp3) is 0.500. The Kier molecular flexibility index (Phi) is 4.39. The quantitative estimate of drug-likeness (QED) is 0.790. The predicted molar refractivity (Wildman–Crippen MR) is 72.9 cm³/mol. The van der Waals surface area contributed by atoms with Gasteiger partial charge in [0.2, 0.25) is 0 Å². The number of hydrogen-bond donors (Lipinski definition) is 2. The van der Waals surface area contributed by atoms with Gasteiger partial charge in [-0.3, -0.25) is 9.69 Å². The minimum Gasteiger partial charge on any atom is -0.504 e. The van der Waals surface area contributed by atoms with Gasteiger partial charge in [0.15, 0.2) is 17.3 Å². The van der Waals surface area contributed by atoms with E-state index in [9.17, 15) is 9.90 Å². The second-order valence-electron chi connectivity index (χ2n) is 4.71. The Morgan fingerprint density at radius 1 is 1.42 bits per heavy atom. The predicted octanol–water partition coefficient (Wildman–Crippen LogP) is 0.877. The molecule has 1 aromatic rings. The summed E-state index contributed by atoms with van der Waals surface area (Å²) in [5.74, 6) is 0.437. The topological polar surface area (TPSA) is 61.8 Å². The van der Waals surface area contributed by atoms with E-state index in [4.69, 9.17) is 4.74 Å². The highest BCUT2D eigenvalue weighted by molar-refractivity contribution is 6.00. The van der Waals surface area contributed by atoms with Crippen LogP contribution >= 0.6 is 0 Å². The first kappa shape index (κ1) is 13.8. The number of carbonyl (C=O) groups excluding carboxylic acids is 1. The van der Waals surface area contributed by atoms with Crippen LogP contribution in [0.25, 0.3) is 0 Å². The molecule has 5 nitrogen and oxygen atoms in total. The number of ketones is 1. The summed E-state index contributed by atoms with van der Waals surface area (Å²) in [4.78, 5) is 14.6. The molecule has 1 aliphatic rings. The van der Waals surface area contributed by atoms with Gasteiger partial charge in [-0.25, -0.2) is 0 Å². The Bertz CT molecular complexity index is 456. The first-order valence-corrected chi connectivity index (χ1v) is 6.49. The number of nitrogens with zero attached hydrogens (tertiary/aromatic N) is 1. The van der Waals surface area contributed by atoms with Crippen molar-refractivity contribution in [3.05, 3.63) is 23.8 Å². The molecule has 2 rings (SSSR count). The lowest BCUT2D eigenvalue weighted by Crippen LogP contribution is -2.50. The van der Waals surface area contributed by atoms with Crippen molar-refractivity contribution >= 4 is 5.78 Å². The van der Waals surface area contributed by atoms with Crippen molar-refractivity contribution in [2.24, 2.45) is 0 Å². The molecule has 0 amide bonds. The molecular weight excluding hydrogens is 244 g/mol. The van der Waals surface area contributed by atoms with Crippen molar-refractivity contribution in [3.63, 3.8) is 0 Å². The number of methoxy groups -OCH3 is 1. The SMILES string of the molecule is COc1cc(C(=O)C(C)N2CCNCC2)ccc1O. The maximum atomic E-state index is 12.4. The summed E-state index contributed by atoms with van der Waals surface area (Å²) in [6, 6.07) is 4.57. The van der Waals surface area contributed by atoms with Crippen LogP contribution in [0, 0.1) is 0 Å². The summed E-state index contributed by atoms with van der Waals surface area (Å²) >= 11 is 0. The van der Waals surface area contributed by atoms with Crippen LogP contribution < -0.4 is 10.1 Å². The molecule has 1 atom stereocenters. The lowest BCUT2D eigenvalue weighted by atomic mass is 10.0. The van der Waals surface area contributed by atoms with E-state index >= 15 is 0 Å². The van der Waals surface area contributed by atoms with Gasteiger partial charge >= 0.3 is 0 Å². The van der Waals surface area contributed by atoms with Crippen molar-refractivity contribution in [1.82, 2.24) is 10.2 Å². The molecule has 1 aromatic carbocycles. The van der Waals surface area contributed by atoms with Crippen LogP contribution in [-0.4, -0.2) is 55.1 Å². The molecule has 1 fully saturated rings. The number of phenols is 1. The van der Waals surface area contributed by atoms with Gasteiger partial charge in [0.25, 0.3) is 0 Å². The maximum Gasteiger partial charge on any atom is 0.179 e. The Morgan fingerprint density at radius 3 is 2.74 bits per heavy atom. The van der Waals surface area contributed by atoms with E-state index in [1.165, 1.54) is 13.2 Å². The smallest absolute Gasteiger partial charge is 0.179 e. The molecule has 0 radical (unpaired) electrons. The third-order valence-electron chi connectivity index (χ3n) is 3.54. The molecule has 1 unspecified atom stereocenters. The molecular formula is C14H20N2O3. The lowest BCUT2D eigenvalue weighted by Gasteiger charge is -2.31. The Balaban J connectivity index is 2.14. The number of carbonyl (C=O) groups is 1. The minimum absolute atomic E-state index is 0.0499. The summed E-state index contributed by atoms with van der Waals surface area (Å²) in [7, 11) is 1.48. The summed E-state index contributed by atoms with van der Waals surface area (Å²) < 4.78 is 5.04. The summed E-state index contributed by atoms with van der Waals surface area (Å²) in [6.07, 6.45) is 0. The fourth-order valence-electron chi connectivity index (χ4n) is 2.31. The molecule has 1 aliphatic heterocycles. The van der Waals surface area contributed by atoms with Gasteiger partial charge in [0.1, 0.15) is 0 Å². The van der Waals surface area contributed by atoms with Crippen LogP contribution in [0.3, 0.4) is 0 Å². The number of piperazine rings is 1. The second-order valence-corrected chi connectivity index (χ2v) is 4.71. The molecule has 104 valence electrons. The standard InChI is InChI=1S/C14H20N2O3/c1-10(16-7-5-15-6-8-16)14(18)11-3-4-12(17)13(9-11)19-2/h3-4,9-10,15,17H,5-8H2,1-2H3. The van der Waals surface area contributed by atoms with Gasteiger partial charge < -0.3 is 15.2 Å². The number of ether oxygens (including phenoxy) is 1. The summed E-state index contributed by atoms with van der Waals surface area (Å²) in [5.41, 5.74) is 0.570. The van der Waals surface area contributed by atoms with Gasteiger partial charge in [0, 0.05) is 31.7 Å². The Labute approximate surface area is 113 Å². The minimum atomic E-state index is -0.156. The summed E-state index contributed by atoms with van der Waals surface area (Å²) in [5, 5.41) is 12.8. The lowest BCUT2D eigenvalue weighted by molar-refractivity contribution is 0.0820. The molecule has 1 saturated heterocycles. The molecule has 2 N–H and O–H groups in total. The Morgan fingerprint density at radius 2 is 2.11 bits per heavy atom. The van der Waals surface area contributed by atoms with Crippen LogP contribution in [0.1, 0.15) is 17.3 Å². The number of Topliss-reactive ketones (excluding diaryl/α,β-unsaturated/α-hetero) is 1. The van der Waals surface area contributed by atoms with E-state index in [0.717, 1.165) is 26.2 Å². The van der Waals surface area contributed by atoms with Crippen LogP contribution in [0.15, 0.2) is 18.2 Å². The van der Waals surface area contributed by atoms with Gasteiger partial charge in [0.05, 0.1) is 13.2 Å². The molecule has 1 heterocycles. The van der Waals surface area contributed by atoms with Crippen LogP contribution in [-0.2, 0) is 0 Å². The molecule has 0 aliphatic carbocycles. The van der Waals surface area contributed by atoms with E-state index in [0.29, 0.717) is 11.3 Å². The van der Waals surface area contributed by atoms with Crippen LogP contribution in [0.5, 0.6) is 11.5 Å². The highest BCUT2D eigenvalue weighted by Crippen LogP contribution is 2.27. The zero-order chi connectivity index (χ0) is 13.8. The number of aromatic hydroxyl groups is 1. The van der Waals surface area contributed by atoms with Gasteiger partial charge in [-0.05, 0) is 25.1 Å². The maximum absolute atomic E-state index is 12.4. The number of phenolic OH excluding ortho intramolecular Hbond substituents is 1. The van der Waals surface area contributed by atoms with Crippen LogP contribution in [0.2, 0.25) is 0 Å². The summed E-state index contributed by atoms with van der Waals surface area (Å²) in [6.45, 7) is 5.50. The largest absolute Gasteiger partial charge is 0.504 e. The van der Waals surface area contributed by atoms with E-state index in [-0.39, 0.29) is 17.6 Å². The Hall–Kier alpha value is -1.59. The first-order chi connectivity index (χ1) is 9.13. The molecule has 5 heteroatoms.